The van der Waals surface area contributed by atoms with Crippen LogP contribution < -0.4 is 5.73 Å². The van der Waals surface area contributed by atoms with Gasteiger partial charge in [0.1, 0.15) is 5.82 Å². The van der Waals surface area contributed by atoms with Crippen LogP contribution in [0.2, 0.25) is 0 Å². The van der Waals surface area contributed by atoms with Gasteiger partial charge in [-0.2, -0.15) is 0 Å². The van der Waals surface area contributed by atoms with Crippen molar-refractivity contribution in [2.45, 2.75) is 13.8 Å². The fraction of sp³-hybridized carbons (Fsp3) is 0.273. The van der Waals surface area contributed by atoms with Gasteiger partial charge in [0.15, 0.2) is 5.78 Å². The molecule has 0 aliphatic rings. The number of imidazole rings is 1. The van der Waals surface area contributed by atoms with E-state index in [-0.39, 0.29) is 12.3 Å². The Labute approximate surface area is 87.7 Å². The highest BCUT2D eigenvalue weighted by Gasteiger charge is 2.13. The van der Waals surface area contributed by atoms with Crippen LogP contribution in [0.1, 0.15) is 21.9 Å². The highest BCUT2D eigenvalue weighted by Crippen LogP contribution is 2.17. The SMILES string of the molecule is Cc1nc(C)n2cccc(C(=O)CN)c12. The van der Waals surface area contributed by atoms with Crippen LogP contribution in [0.25, 0.3) is 5.52 Å². The average molecular weight is 203 g/mol. The molecule has 2 N–H and O–H groups in total. The first-order valence-electron chi connectivity index (χ1n) is 4.82. The van der Waals surface area contributed by atoms with E-state index in [0.29, 0.717) is 5.56 Å². The Hall–Kier alpha value is -1.68. The first-order valence-corrected chi connectivity index (χ1v) is 4.82. The summed E-state index contributed by atoms with van der Waals surface area (Å²) in [4.78, 5) is 16.0. The number of nitrogens with two attached hydrogens (primary N) is 1. The Balaban J connectivity index is 2.80. The highest BCUT2D eigenvalue weighted by molar-refractivity contribution is 6.03. The molecule has 0 atom stereocenters. The first kappa shape index (κ1) is 9.86. The maximum atomic E-state index is 11.6. The standard InChI is InChI=1S/C11H13N3O/c1-7-11-9(10(15)6-12)4-3-5-14(11)8(2)13-7/h3-5H,6,12H2,1-2H3. The lowest BCUT2D eigenvalue weighted by atomic mass is 10.1. The molecular weight excluding hydrogens is 190 g/mol. The summed E-state index contributed by atoms with van der Waals surface area (Å²) >= 11 is 0. The third-order valence-electron chi connectivity index (χ3n) is 2.50. The Morgan fingerprint density at radius 3 is 2.93 bits per heavy atom. The van der Waals surface area contributed by atoms with Crippen molar-refractivity contribution in [2.24, 2.45) is 5.73 Å². The van der Waals surface area contributed by atoms with Crippen molar-refractivity contribution >= 4 is 11.3 Å². The van der Waals surface area contributed by atoms with Crippen molar-refractivity contribution in [1.29, 1.82) is 0 Å². The molecule has 2 aromatic rings. The van der Waals surface area contributed by atoms with E-state index in [1.807, 2.05) is 30.5 Å². The van der Waals surface area contributed by atoms with Gasteiger partial charge in [-0.15, -0.1) is 0 Å². The molecule has 0 unspecified atom stereocenters. The number of Topliss-reactive ketones (excluding diaryl/α,β-unsaturated/α-hetero) is 1. The lowest BCUT2D eigenvalue weighted by Crippen LogP contribution is -2.14. The zero-order chi connectivity index (χ0) is 11.0. The van der Waals surface area contributed by atoms with Gasteiger partial charge in [0, 0.05) is 11.8 Å². The minimum atomic E-state index is -0.0522. The van der Waals surface area contributed by atoms with E-state index in [2.05, 4.69) is 4.98 Å². The molecule has 2 aromatic heterocycles. The van der Waals surface area contributed by atoms with E-state index in [1.165, 1.54) is 0 Å². The summed E-state index contributed by atoms with van der Waals surface area (Å²) in [5.74, 6) is 0.831. The molecule has 0 saturated heterocycles. The minimum Gasteiger partial charge on any atom is -0.324 e. The summed E-state index contributed by atoms with van der Waals surface area (Å²) in [5, 5.41) is 0. The van der Waals surface area contributed by atoms with E-state index in [4.69, 9.17) is 5.73 Å². The van der Waals surface area contributed by atoms with Gasteiger partial charge >= 0.3 is 0 Å². The molecule has 2 rings (SSSR count). The molecule has 0 spiro atoms. The molecule has 4 nitrogen and oxygen atoms in total. The number of carbonyl (C=O) groups excluding carboxylic acids is 1. The zero-order valence-corrected chi connectivity index (χ0v) is 8.82. The van der Waals surface area contributed by atoms with Crippen LogP contribution in [-0.4, -0.2) is 21.7 Å². The summed E-state index contributed by atoms with van der Waals surface area (Å²) in [5.41, 5.74) is 7.76. The lowest BCUT2D eigenvalue weighted by Gasteiger charge is -2.02. The van der Waals surface area contributed by atoms with Crippen molar-refractivity contribution in [1.82, 2.24) is 9.38 Å². The van der Waals surface area contributed by atoms with Crippen molar-refractivity contribution in [3.05, 3.63) is 35.4 Å². The van der Waals surface area contributed by atoms with Gasteiger partial charge < -0.3 is 10.1 Å². The van der Waals surface area contributed by atoms with Gasteiger partial charge in [0.25, 0.3) is 0 Å². The lowest BCUT2D eigenvalue weighted by molar-refractivity contribution is 0.100. The summed E-state index contributed by atoms with van der Waals surface area (Å²) in [7, 11) is 0. The van der Waals surface area contributed by atoms with E-state index in [1.54, 1.807) is 6.07 Å². The highest BCUT2D eigenvalue weighted by atomic mass is 16.1. The molecule has 0 aliphatic heterocycles. The second kappa shape index (κ2) is 3.47. The Kier molecular flexibility index (Phi) is 2.28. The van der Waals surface area contributed by atoms with Gasteiger partial charge in [-0.1, -0.05) is 0 Å². The van der Waals surface area contributed by atoms with E-state index < -0.39 is 0 Å². The van der Waals surface area contributed by atoms with Crippen LogP contribution in [0, 0.1) is 13.8 Å². The van der Waals surface area contributed by atoms with Gasteiger partial charge in [-0.25, -0.2) is 4.98 Å². The Morgan fingerprint density at radius 2 is 2.27 bits per heavy atom. The molecule has 0 amide bonds. The predicted octanol–water partition coefficient (Wildman–Crippen LogP) is 1.09. The molecule has 0 fully saturated rings. The molecule has 0 aliphatic carbocycles. The van der Waals surface area contributed by atoms with Crippen LogP contribution in [0.3, 0.4) is 0 Å². The molecule has 0 aromatic carbocycles. The Bertz CT molecular complexity index is 528. The molecule has 2 heterocycles. The van der Waals surface area contributed by atoms with Crippen molar-refractivity contribution in [3.63, 3.8) is 0 Å². The van der Waals surface area contributed by atoms with Gasteiger partial charge in [0.2, 0.25) is 0 Å². The number of carbonyl (C=O) groups is 1. The Morgan fingerprint density at radius 1 is 1.53 bits per heavy atom. The summed E-state index contributed by atoms with van der Waals surface area (Å²) in [6, 6.07) is 3.63. The van der Waals surface area contributed by atoms with Gasteiger partial charge in [-0.05, 0) is 26.0 Å². The maximum absolute atomic E-state index is 11.6. The summed E-state index contributed by atoms with van der Waals surface area (Å²) in [6.45, 7) is 3.84. The fourth-order valence-electron chi connectivity index (χ4n) is 1.83. The molecule has 0 saturated carbocycles. The van der Waals surface area contributed by atoms with E-state index in [0.717, 1.165) is 17.0 Å². The largest absolute Gasteiger partial charge is 0.324 e. The zero-order valence-electron chi connectivity index (χ0n) is 8.82. The summed E-state index contributed by atoms with van der Waals surface area (Å²) < 4.78 is 1.91. The number of ketones is 1. The molecule has 4 heteroatoms. The third kappa shape index (κ3) is 1.43. The molecule has 15 heavy (non-hydrogen) atoms. The molecule has 0 radical (unpaired) electrons. The number of rotatable bonds is 2. The van der Waals surface area contributed by atoms with Crippen molar-refractivity contribution in [2.75, 3.05) is 6.54 Å². The van der Waals surface area contributed by atoms with Gasteiger partial charge in [-0.3, -0.25) is 4.79 Å². The normalized spacial score (nSPS) is 10.9. The van der Waals surface area contributed by atoms with E-state index >= 15 is 0 Å². The van der Waals surface area contributed by atoms with Crippen LogP contribution in [0.5, 0.6) is 0 Å². The second-order valence-electron chi connectivity index (χ2n) is 3.51. The number of fused-ring (bicyclic) bond motifs is 1. The summed E-state index contributed by atoms with van der Waals surface area (Å²) in [6.07, 6.45) is 1.90. The quantitative estimate of drug-likeness (QED) is 0.743. The number of hydrogen-bond donors (Lipinski definition) is 1. The second-order valence-corrected chi connectivity index (χ2v) is 3.51. The number of pyridine rings is 1. The number of aryl methyl sites for hydroxylation is 2. The van der Waals surface area contributed by atoms with Gasteiger partial charge in [0.05, 0.1) is 17.8 Å². The maximum Gasteiger partial charge on any atom is 0.178 e. The van der Waals surface area contributed by atoms with Crippen molar-refractivity contribution < 1.29 is 4.79 Å². The number of aromatic nitrogens is 2. The number of nitrogens with zero attached hydrogens (tertiary/aromatic N) is 2. The topological polar surface area (TPSA) is 60.4 Å². The monoisotopic (exact) mass is 203 g/mol. The van der Waals surface area contributed by atoms with Crippen LogP contribution in [-0.2, 0) is 0 Å². The fourth-order valence-corrected chi connectivity index (χ4v) is 1.83. The average Bonchev–Trinajstić information content (AvgIpc) is 2.54. The van der Waals surface area contributed by atoms with Crippen molar-refractivity contribution in [3.8, 4) is 0 Å². The van der Waals surface area contributed by atoms with Crippen LogP contribution in [0.15, 0.2) is 18.3 Å². The molecule has 0 bridgehead atoms. The van der Waals surface area contributed by atoms with Crippen LogP contribution in [0.4, 0.5) is 0 Å². The predicted molar refractivity (Wildman–Crippen MR) is 58.1 cm³/mol. The number of hydrogen-bond acceptors (Lipinski definition) is 3. The van der Waals surface area contributed by atoms with Crippen LogP contribution >= 0.6 is 0 Å². The first-order chi connectivity index (χ1) is 7.15. The third-order valence-corrected chi connectivity index (χ3v) is 2.50. The molecule has 78 valence electrons. The molecular formula is C11H13N3O. The minimum absolute atomic E-state index is 0.0311. The van der Waals surface area contributed by atoms with E-state index in [9.17, 15) is 4.79 Å². The smallest absolute Gasteiger partial charge is 0.178 e.